The number of carbonyl (C=O) groups excluding carboxylic acids is 1. The summed E-state index contributed by atoms with van der Waals surface area (Å²) in [5.41, 5.74) is 2.70. The van der Waals surface area contributed by atoms with Crippen LogP contribution in [0.15, 0.2) is 24.3 Å². The molecule has 1 aliphatic rings. The van der Waals surface area contributed by atoms with Crippen molar-refractivity contribution in [3.05, 3.63) is 35.4 Å². The second-order valence-corrected chi connectivity index (χ2v) is 4.81. The van der Waals surface area contributed by atoms with Gasteiger partial charge in [0.05, 0.1) is 0 Å². The van der Waals surface area contributed by atoms with E-state index in [1.165, 1.54) is 17.5 Å². The molecule has 0 N–H and O–H groups in total. The normalized spacial score (nSPS) is 15.1. The molecule has 16 heavy (non-hydrogen) atoms. The molecule has 0 saturated heterocycles. The third kappa shape index (κ3) is 3.19. The lowest BCUT2D eigenvalue weighted by molar-refractivity contribution is -0.120. The SMILES string of the molecule is CCCc1ccc(CCC(=O)C2CC2)cc1. The van der Waals surface area contributed by atoms with E-state index in [0.29, 0.717) is 11.7 Å². The van der Waals surface area contributed by atoms with Gasteiger partial charge in [-0.1, -0.05) is 37.6 Å². The molecule has 1 heteroatoms. The summed E-state index contributed by atoms with van der Waals surface area (Å²) in [6.45, 7) is 2.20. The van der Waals surface area contributed by atoms with E-state index in [-0.39, 0.29) is 0 Å². The van der Waals surface area contributed by atoms with E-state index in [9.17, 15) is 4.79 Å². The Bertz CT molecular complexity index is 346. The Morgan fingerprint density at radius 3 is 2.19 bits per heavy atom. The molecule has 2 rings (SSSR count). The van der Waals surface area contributed by atoms with Gasteiger partial charge in [-0.05, 0) is 36.8 Å². The molecule has 1 aliphatic carbocycles. The first-order valence-electron chi connectivity index (χ1n) is 6.40. The van der Waals surface area contributed by atoms with Gasteiger partial charge < -0.3 is 0 Å². The maximum Gasteiger partial charge on any atom is 0.136 e. The van der Waals surface area contributed by atoms with E-state index in [4.69, 9.17) is 0 Å². The maximum atomic E-state index is 11.5. The number of benzene rings is 1. The summed E-state index contributed by atoms with van der Waals surface area (Å²) in [5.74, 6) is 0.886. The van der Waals surface area contributed by atoms with Gasteiger partial charge in [-0.2, -0.15) is 0 Å². The molecular weight excluding hydrogens is 196 g/mol. The van der Waals surface area contributed by atoms with E-state index in [1.54, 1.807) is 0 Å². The Kier molecular flexibility index (Phi) is 3.76. The lowest BCUT2D eigenvalue weighted by atomic mass is 10.0. The van der Waals surface area contributed by atoms with Crippen LogP contribution in [0.25, 0.3) is 0 Å². The standard InChI is InChI=1S/C15H20O/c1-2-3-12-4-6-13(7-5-12)8-11-15(16)14-9-10-14/h4-7,14H,2-3,8-11H2,1H3. The third-order valence-electron chi connectivity index (χ3n) is 3.25. The van der Waals surface area contributed by atoms with Crippen LogP contribution < -0.4 is 0 Å². The molecule has 86 valence electrons. The number of rotatable bonds is 6. The fourth-order valence-corrected chi connectivity index (χ4v) is 2.04. The maximum absolute atomic E-state index is 11.5. The Morgan fingerprint density at radius 2 is 1.69 bits per heavy atom. The van der Waals surface area contributed by atoms with Crippen molar-refractivity contribution < 1.29 is 4.79 Å². The van der Waals surface area contributed by atoms with Crippen molar-refractivity contribution in [2.45, 2.75) is 45.4 Å². The van der Waals surface area contributed by atoms with Gasteiger partial charge >= 0.3 is 0 Å². The van der Waals surface area contributed by atoms with Crippen molar-refractivity contribution in [2.24, 2.45) is 5.92 Å². The first-order chi connectivity index (χ1) is 7.79. The minimum absolute atomic E-state index is 0.416. The van der Waals surface area contributed by atoms with E-state index >= 15 is 0 Å². The van der Waals surface area contributed by atoms with Crippen LogP contribution in [0.2, 0.25) is 0 Å². The summed E-state index contributed by atoms with van der Waals surface area (Å²) in [4.78, 5) is 11.5. The number of hydrogen-bond donors (Lipinski definition) is 0. The summed E-state index contributed by atoms with van der Waals surface area (Å²) >= 11 is 0. The van der Waals surface area contributed by atoms with Gasteiger partial charge in [-0.15, -0.1) is 0 Å². The topological polar surface area (TPSA) is 17.1 Å². The molecule has 1 aromatic carbocycles. The zero-order valence-corrected chi connectivity index (χ0v) is 10.0. The minimum atomic E-state index is 0.416. The minimum Gasteiger partial charge on any atom is -0.299 e. The highest BCUT2D eigenvalue weighted by atomic mass is 16.1. The van der Waals surface area contributed by atoms with Gasteiger partial charge in [0, 0.05) is 12.3 Å². The number of Topliss-reactive ketones (excluding diaryl/α,β-unsaturated/α-hetero) is 1. The van der Waals surface area contributed by atoms with Crippen molar-refractivity contribution >= 4 is 5.78 Å². The molecule has 0 spiro atoms. The first kappa shape index (κ1) is 11.4. The second-order valence-electron chi connectivity index (χ2n) is 4.81. The predicted molar refractivity (Wildman–Crippen MR) is 66.5 cm³/mol. The zero-order valence-electron chi connectivity index (χ0n) is 10.0. The van der Waals surface area contributed by atoms with Gasteiger partial charge in [-0.3, -0.25) is 4.79 Å². The van der Waals surface area contributed by atoms with Crippen molar-refractivity contribution in [1.82, 2.24) is 0 Å². The number of ketones is 1. The monoisotopic (exact) mass is 216 g/mol. The Morgan fingerprint density at radius 1 is 1.12 bits per heavy atom. The van der Waals surface area contributed by atoms with Crippen LogP contribution in [0.5, 0.6) is 0 Å². The van der Waals surface area contributed by atoms with Crippen LogP contribution in [0, 0.1) is 5.92 Å². The second kappa shape index (κ2) is 5.29. The predicted octanol–water partition coefficient (Wildman–Crippen LogP) is 3.55. The smallest absolute Gasteiger partial charge is 0.136 e. The molecule has 0 aromatic heterocycles. The number of aryl methyl sites for hydroxylation is 2. The van der Waals surface area contributed by atoms with Crippen molar-refractivity contribution in [2.75, 3.05) is 0 Å². The van der Waals surface area contributed by atoms with Gasteiger partial charge in [0.15, 0.2) is 0 Å². The van der Waals surface area contributed by atoms with Crippen LogP contribution >= 0.6 is 0 Å². The van der Waals surface area contributed by atoms with E-state index in [1.807, 2.05) is 0 Å². The molecule has 1 saturated carbocycles. The summed E-state index contributed by atoms with van der Waals surface area (Å²) in [6, 6.07) is 8.73. The Hall–Kier alpha value is -1.11. The van der Waals surface area contributed by atoms with Crippen LogP contribution in [-0.4, -0.2) is 5.78 Å². The highest BCUT2D eigenvalue weighted by Gasteiger charge is 2.28. The first-order valence-corrected chi connectivity index (χ1v) is 6.40. The van der Waals surface area contributed by atoms with Gasteiger partial charge in [-0.25, -0.2) is 0 Å². The molecule has 0 aliphatic heterocycles. The molecule has 0 atom stereocenters. The van der Waals surface area contributed by atoms with Gasteiger partial charge in [0.1, 0.15) is 5.78 Å². The zero-order chi connectivity index (χ0) is 11.4. The molecule has 1 aromatic rings. The van der Waals surface area contributed by atoms with Crippen LogP contribution in [0.3, 0.4) is 0 Å². The average molecular weight is 216 g/mol. The number of carbonyl (C=O) groups is 1. The molecule has 0 bridgehead atoms. The molecule has 1 nitrogen and oxygen atoms in total. The van der Waals surface area contributed by atoms with Crippen molar-refractivity contribution in [3.8, 4) is 0 Å². The molecule has 0 unspecified atom stereocenters. The average Bonchev–Trinajstić information content (AvgIpc) is 3.12. The van der Waals surface area contributed by atoms with E-state index < -0.39 is 0 Å². The lowest BCUT2D eigenvalue weighted by Gasteiger charge is -2.03. The molecule has 0 radical (unpaired) electrons. The number of hydrogen-bond acceptors (Lipinski definition) is 1. The molecular formula is C15H20O. The fraction of sp³-hybridized carbons (Fsp3) is 0.533. The van der Waals surface area contributed by atoms with Crippen molar-refractivity contribution in [1.29, 1.82) is 0 Å². The molecule has 0 heterocycles. The highest BCUT2D eigenvalue weighted by Crippen LogP contribution is 2.31. The van der Waals surface area contributed by atoms with Crippen molar-refractivity contribution in [3.63, 3.8) is 0 Å². The molecule has 1 fully saturated rings. The fourth-order valence-electron chi connectivity index (χ4n) is 2.04. The summed E-state index contributed by atoms with van der Waals surface area (Å²) in [7, 11) is 0. The van der Waals surface area contributed by atoms with E-state index in [2.05, 4.69) is 31.2 Å². The van der Waals surface area contributed by atoms with Crippen LogP contribution in [-0.2, 0) is 17.6 Å². The Balaban J connectivity index is 1.82. The van der Waals surface area contributed by atoms with Crippen LogP contribution in [0.4, 0.5) is 0 Å². The summed E-state index contributed by atoms with van der Waals surface area (Å²) < 4.78 is 0. The van der Waals surface area contributed by atoms with Gasteiger partial charge in [0.25, 0.3) is 0 Å². The summed E-state index contributed by atoms with van der Waals surface area (Å²) in [5, 5.41) is 0. The lowest BCUT2D eigenvalue weighted by Crippen LogP contribution is -2.02. The quantitative estimate of drug-likeness (QED) is 0.710. The summed E-state index contributed by atoms with van der Waals surface area (Å²) in [6.07, 6.45) is 6.27. The Labute approximate surface area is 97.9 Å². The largest absolute Gasteiger partial charge is 0.299 e. The van der Waals surface area contributed by atoms with Gasteiger partial charge in [0.2, 0.25) is 0 Å². The third-order valence-corrected chi connectivity index (χ3v) is 3.25. The van der Waals surface area contributed by atoms with Crippen LogP contribution in [0.1, 0.15) is 43.7 Å². The highest BCUT2D eigenvalue weighted by molar-refractivity contribution is 5.83. The van der Waals surface area contributed by atoms with E-state index in [0.717, 1.165) is 32.1 Å². The molecule has 0 amide bonds.